The molecule has 0 saturated carbocycles. The van der Waals surface area contributed by atoms with Crippen molar-refractivity contribution in [1.29, 1.82) is 0 Å². The van der Waals surface area contributed by atoms with Crippen molar-refractivity contribution in [3.63, 3.8) is 0 Å². The lowest BCUT2D eigenvalue weighted by atomic mass is 10.2. The molecule has 1 aromatic rings. The van der Waals surface area contributed by atoms with Crippen LogP contribution in [0.2, 0.25) is 0 Å². The van der Waals surface area contributed by atoms with Crippen molar-refractivity contribution in [2.45, 2.75) is 39.8 Å². The second-order valence-electron chi connectivity index (χ2n) is 7.04. The van der Waals surface area contributed by atoms with Gasteiger partial charge in [-0.15, -0.1) is 0 Å². The number of esters is 1. The fourth-order valence-corrected chi connectivity index (χ4v) is 2.59. The Morgan fingerprint density at radius 3 is 2.57 bits per heavy atom. The number of Topliss-reactive ketones (excluding diaryl/α,β-unsaturated/α-hetero) is 1. The number of ether oxygens (including phenoxy) is 1. The zero-order valence-electron chi connectivity index (χ0n) is 17.5. The second kappa shape index (κ2) is 12.2. The van der Waals surface area contributed by atoms with E-state index in [0.29, 0.717) is 30.9 Å². The smallest absolute Gasteiger partial charge is 0.338 e. The summed E-state index contributed by atoms with van der Waals surface area (Å²) >= 11 is 0. The summed E-state index contributed by atoms with van der Waals surface area (Å²) in [6.45, 7) is 7.82. The molecular weight excluding hydrogens is 360 g/mol. The zero-order valence-corrected chi connectivity index (χ0v) is 17.5. The molecule has 1 amide bonds. The molecule has 0 fully saturated rings. The van der Waals surface area contributed by atoms with Crippen LogP contribution in [-0.2, 0) is 20.9 Å². The van der Waals surface area contributed by atoms with E-state index in [1.807, 2.05) is 25.9 Å². The van der Waals surface area contributed by atoms with Crippen molar-refractivity contribution >= 4 is 17.7 Å². The number of aromatic nitrogens is 1. The van der Waals surface area contributed by atoms with Gasteiger partial charge in [0.2, 0.25) is 5.91 Å². The van der Waals surface area contributed by atoms with Gasteiger partial charge in [0.25, 0.3) is 0 Å². The predicted octanol–water partition coefficient (Wildman–Crippen LogP) is 1.11. The highest BCUT2D eigenvalue weighted by Gasteiger charge is 2.15. The average molecular weight is 393 g/mol. The summed E-state index contributed by atoms with van der Waals surface area (Å²) in [4.78, 5) is 43.6. The van der Waals surface area contributed by atoms with Crippen molar-refractivity contribution in [1.82, 2.24) is 20.1 Å². The maximum Gasteiger partial charge on any atom is 0.338 e. The number of likely N-dealkylation sites (N-methyl/N-ethyl adjacent to an activating group) is 2. The Morgan fingerprint density at radius 1 is 1.25 bits per heavy atom. The highest BCUT2D eigenvalue weighted by molar-refractivity contribution is 5.89. The van der Waals surface area contributed by atoms with Crippen LogP contribution in [0.4, 0.5) is 0 Å². The van der Waals surface area contributed by atoms with Crippen LogP contribution < -0.4 is 5.32 Å². The number of nitrogens with zero attached hydrogens (tertiary/aromatic N) is 3. The minimum Gasteiger partial charge on any atom is -0.459 e. The molecule has 0 radical (unpaired) electrons. The minimum atomic E-state index is -0.491. The number of amides is 1. The van der Waals surface area contributed by atoms with Crippen LogP contribution in [0.1, 0.15) is 43.2 Å². The highest BCUT2D eigenvalue weighted by Crippen LogP contribution is 2.08. The summed E-state index contributed by atoms with van der Waals surface area (Å²) in [5.74, 6) is -0.497. The van der Waals surface area contributed by atoms with E-state index in [4.69, 9.17) is 4.74 Å². The van der Waals surface area contributed by atoms with Gasteiger partial charge in [0.05, 0.1) is 17.8 Å². The Hall–Kier alpha value is -2.32. The molecule has 0 aliphatic heterocycles. The molecule has 1 rings (SSSR count). The standard InChI is InChI=1S/C20H32N4O4/c1-6-24(10-9-23(4)5)19(26)14-21-13-18-12-17(7-8-22-18)20(27)28-16(3)11-15(2)25/h7-8,12,16,21H,6,9-11,13-14H2,1-5H3. The molecule has 28 heavy (non-hydrogen) atoms. The predicted molar refractivity (Wildman–Crippen MR) is 107 cm³/mol. The van der Waals surface area contributed by atoms with E-state index >= 15 is 0 Å². The van der Waals surface area contributed by atoms with Crippen molar-refractivity contribution in [3.8, 4) is 0 Å². The van der Waals surface area contributed by atoms with Gasteiger partial charge in [0.15, 0.2) is 0 Å². The highest BCUT2D eigenvalue weighted by atomic mass is 16.5. The number of ketones is 1. The summed E-state index contributed by atoms with van der Waals surface area (Å²) in [7, 11) is 3.95. The molecule has 8 heteroatoms. The van der Waals surface area contributed by atoms with Gasteiger partial charge in [-0.05, 0) is 47.0 Å². The summed E-state index contributed by atoms with van der Waals surface area (Å²) in [6, 6.07) is 3.20. The van der Waals surface area contributed by atoms with E-state index in [-0.39, 0.29) is 24.7 Å². The van der Waals surface area contributed by atoms with E-state index in [0.717, 1.165) is 6.54 Å². The van der Waals surface area contributed by atoms with E-state index in [2.05, 4.69) is 10.3 Å². The monoisotopic (exact) mass is 392 g/mol. The maximum absolute atomic E-state index is 12.3. The third kappa shape index (κ3) is 9.05. The summed E-state index contributed by atoms with van der Waals surface area (Å²) in [6.07, 6.45) is 1.25. The van der Waals surface area contributed by atoms with Gasteiger partial charge >= 0.3 is 5.97 Å². The number of carbonyl (C=O) groups excluding carboxylic acids is 3. The number of carbonyl (C=O) groups is 3. The van der Waals surface area contributed by atoms with Crippen molar-refractivity contribution in [3.05, 3.63) is 29.6 Å². The average Bonchev–Trinajstić information content (AvgIpc) is 2.61. The quantitative estimate of drug-likeness (QED) is 0.533. The number of pyridine rings is 1. The Morgan fingerprint density at radius 2 is 1.96 bits per heavy atom. The third-order valence-electron chi connectivity index (χ3n) is 4.07. The Labute approximate surface area is 167 Å². The molecule has 0 saturated heterocycles. The van der Waals surface area contributed by atoms with Crippen LogP contribution in [0.25, 0.3) is 0 Å². The Bertz CT molecular complexity index is 663. The SMILES string of the molecule is CCN(CCN(C)C)C(=O)CNCc1cc(C(=O)OC(C)CC(C)=O)ccn1. The lowest BCUT2D eigenvalue weighted by Crippen LogP contribution is -2.41. The second-order valence-corrected chi connectivity index (χ2v) is 7.04. The number of hydrogen-bond donors (Lipinski definition) is 1. The van der Waals surface area contributed by atoms with Crippen LogP contribution in [0.15, 0.2) is 18.3 Å². The molecule has 0 spiro atoms. The molecule has 0 aliphatic rings. The molecule has 1 unspecified atom stereocenters. The van der Waals surface area contributed by atoms with E-state index in [9.17, 15) is 14.4 Å². The van der Waals surface area contributed by atoms with Gasteiger partial charge in [-0.2, -0.15) is 0 Å². The van der Waals surface area contributed by atoms with Gasteiger partial charge in [-0.3, -0.25) is 14.6 Å². The summed E-state index contributed by atoms with van der Waals surface area (Å²) in [5.41, 5.74) is 1.01. The fourth-order valence-electron chi connectivity index (χ4n) is 2.59. The fraction of sp³-hybridized carbons (Fsp3) is 0.600. The number of hydrogen-bond acceptors (Lipinski definition) is 7. The first kappa shape index (κ1) is 23.7. The van der Waals surface area contributed by atoms with Crippen molar-refractivity contribution in [2.75, 3.05) is 40.3 Å². The first-order chi connectivity index (χ1) is 13.2. The normalized spacial score (nSPS) is 11.9. The van der Waals surface area contributed by atoms with Crippen LogP contribution in [0.5, 0.6) is 0 Å². The topological polar surface area (TPSA) is 91.8 Å². The largest absolute Gasteiger partial charge is 0.459 e. The van der Waals surface area contributed by atoms with Gasteiger partial charge in [-0.25, -0.2) is 4.79 Å². The minimum absolute atomic E-state index is 0.0259. The van der Waals surface area contributed by atoms with Crippen LogP contribution in [0.3, 0.4) is 0 Å². The number of rotatable bonds is 12. The van der Waals surface area contributed by atoms with Gasteiger partial charge in [0.1, 0.15) is 11.9 Å². The van der Waals surface area contributed by atoms with Crippen molar-refractivity contribution in [2.24, 2.45) is 0 Å². The molecule has 1 heterocycles. The molecule has 8 nitrogen and oxygen atoms in total. The molecule has 0 aliphatic carbocycles. The summed E-state index contributed by atoms with van der Waals surface area (Å²) in [5, 5.41) is 3.07. The molecule has 0 bridgehead atoms. The first-order valence-electron chi connectivity index (χ1n) is 9.51. The first-order valence-corrected chi connectivity index (χ1v) is 9.51. The summed E-state index contributed by atoms with van der Waals surface area (Å²) < 4.78 is 5.26. The molecule has 156 valence electrons. The number of nitrogens with one attached hydrogen (secondary N) is 1. The molecule has 1 aromatic heterocycles. The van der Waals surface area contributed by atoms with E-state index in [1.54, 1.807) is 24.0 Å². The van der Waals surface area contributed by atoms with Crippen LogP contribution in [-0.4, -0.2) is 78.8 Å². The molecular formula is C20H32N4O4. The maximum atomic E-state index is 12.3. The molecule has 1 atom stereocenters. The van der Waals surface area contributed by atoms with Crippen molar-refractivity contribution < 1.29 is 19.1 Å². The Balaban J connectivity index is 2.53. The Kier molecular flexibility index (Phi) is 10.3. The van der Waals surface area contributed by atoms with Gasteiger partial charge < -0.3 is 19.9 Å². The molecule has 1 N–H and O–H groups in total. The lowest BCUT2D eigenvalue weighted by molar-refractivity contribution is -0.130. The molecule has 0 aromatic carbocycles. The van der Waals surface area contributed by atoms with Crippen LogP contribution in [0, 0.1) is 0 Å². The zero-order chi connectivity index (χ0) is 21.1. The van der Waals surface area contributed by atoms with E-state index in [1.165, 1.54) is 13.1 Å². The van der Waals surface area contributed by atoms with E-state index < -0.39 is 12.1 Å². The lowest BCUT2D eigenvalue weighted by Gasteiger charge is -2.23. The van der Waals surface area contributed by atoms with Gasteiger partial charge in [0, 0.05) is 38.8 Å². The van der Waals surface area contributed by atoms with Gasteiger partial charge in [-0.1, -0.05) is 0 Å². The third-order valence-corrected chi connectivity index (χ3v) is 4.07. The van der Waals surface area contributed by atoms with Crippen LogP contribution >= 0.6 is 0 Å².